The van der Waals surface area contributed by atoms with Crippen LogP contribution in [0.1, 0.15) is 12.8 Å². The molecule has 3 fully saturated rings. The topological polar surface area (TPSA) is 21.7 Å². The van der Waals surface area contributed by atoms with Crippen molar-refractivity contribution < 1.29 is 9.47 Å². The van der Waals surface area contributed by atoms with Gasteiger partial charge < -0.3 is 9.47 Å². The summed E-state index contributed by atoms with van der Waals surface area (Å²) in [4.78, 5) is 2.52. The first kappa shape index (κ1) is 13.4. The Morgan fingerprint density at radius 2 is 1.67 bits per heavy atom. The molecule has 3 aliphatic rings. The van der Waals surface area contributed by atoms with Gasteiger partial charge in [0.2, 0.25) is 0 Å². The van der Waals surface area contributed by atoms with Crippen molar-refractivity contribution >= 4 is 0 Å². The van der Waals surface area contributed by atoms with Crippen LogP contribution in [0.25, 0.3) is 0 Å². The van der Waals surface area contributed by atoms with Crippen LogP contribution in [0.15, 0.2) is 30.3 Å². The minimum Gasteiger partial charge on any atom is -0.489 e. The number of methoxy groups -OCH3 is 1. The third-order valence-corrected chi connectivity index (χ3v) is 3.63. The molecule has 1 aromatic carbocycles. The van der Waals surface area contributed by atoms with Crippen molar-refractivity contribution in [3.8, 4) is 5.75 Å². The third kappa shape index (κ3) is 3.47. The number of ether oxygens (including phenoxy) is 2. The van der Waals surface area contributed by atoms with Crippen molar-refractivity contribution in [3.63, 3.8) is 0 Å². The first-order chi connectivity index (χ1) is 8.83. The Labute approximate surface area is 110 Å². The van der Waals surface area contributed by atoms with E-state index in [4.69, 9.17) is 4.74 Å². The average Bonchev–Trinajstić information content (AvgIpc) is 2.42. The zero-order chi connectivity index (χ0) is 12.8. The summed E-state index contributed by atoms with van der Waals surface area (Å²) >= 11 is 0. The van der Waals surface area contributed by atoms with E-state index < -0.39 is 0 Å². The fraction of sp³-hybridized carbons (Fsp3) is 0.600. The highest BCUT2D eigenvalue weighted by atomic mass is 16.5. The quantitative estimate of drug-likeness (QED) is 0.803. The lowest BCUT2D eigenvalue weighted by molar-refractivity contribution is -0.00775. The Kier molecular flexibility index (Phi) is 5.02. The maximum atomic E-state index is 6.05. The Bertz CT molecular complexity index is 334. The number of fused-ring (bicyclic) bond motifs is 3. The normalized spacial score (nSPS) is 29.3. The van der Waals surface area contributed by atoms with E-state index in [1.54, 1.807) is 14.2 Å². The second kappa shape index (κ2) is 6.76. The van der Waals surface area contributed by atoms with Crippen molar-refractivity contribution in [2.45, 2.75) is 18.9 Å². The zero-order valence-corrected chi connectivity index (χ0v) is 11.3. The van der Waals surface area contributed by atoms with E-state index >= 15 is 0 Å². The van der Waals surface area contributed by atoms with E-state index in [0.717, 1.165) is 18.2 Å². The molecule has 3 aliphatic heterocycles. The lowest BCUT2D eigenvalue weighted by atomic mass is 9.86. The Morgan fingerprint density at radius 1 is 1.06 bits per heavy atom. The van der Waals surface area contributed by atoms with Crippen LogP contribution >= 0.6 is 0 Å². The number of nitrogens with zero attached hydrogens (tertiary/aromatic N) is 1. The molecule has 3 saturated heterocycles. The summed E-state index contributed by atoms with van der Waals surface area (Å²) in [5.74, 6) is 1.81. The van der Waals surface area contributed by atoms with Crippen LogP contribution in [0, 0.1) is 5.92 Å². The molecule has 4 rings (SSSR count). The zero-order valence-electron chi connectivity index (χ0n) is 11.3. The summed E-state index contributed by atoms with van der Waals surface area (Å²) in [5.41, 5.74) is 0. The largest absolute Gasteiger partial charge is 0.489 e. The van der Waals surface area contributed by atoms with E-state index in [-0.39, 0.29) is 0 Å². The first-order valence-electron chi connectivity index (χ1n) is 6.67. The van der Waals surface area contributed by atoms with Crippen LogP contribution in [-0.2, 0) is 4.74 Å². The molecule has 0 saturated carbocycles. The molecular weight excluding hydrogens is 226 g/mol. The predicted octanol–water partition coefficient (Wildman–Crippen LogP) is 2.42. The molecule has 0 aromatic heterocycles. The summed E-state index contributed by atoms with van der Waals surface area (Å²) in [6.45, 7) is 3.68. The highest BCUT2D eigenvalue weighted by molar-refractivity contribution is 5.21. The monoisotopic (exact) mass is 249 g/mol. The lowest BCUT2D eigenvalue weighted by Gasteiger charge is -2.44. The summed E-state index contributed by atoms with van der Waals surface area (Å²) < 4.78 is 10.3. The van der Waals surface area contributed by atoms with Crippen LogP contribution in [0.3, 0.4) is 0 Å². The number of piperidine rings is 3. The van der Waals surface area contributed by atoms with E-state index in [0.29, 0.717) is 6.10 Å². The third-order valence-electron chi connectivity index (χ3n) is 3.63. The molecule has 0 unspecified atom stereocenters. The maximum Gasteiger partial charge on any atom is 0.119 e. The predicted molar refractivity (Wildman–Crippen MR) is 73.0 cm³/mol. The molecule has 3 heteroatoms. The van der Waals surface area contributed by atoms with Gasteiger partial charge in [0, 0.05) is 20.8 Å². The van der Waals surface area contributed by atoms with Gasteiger partial charge in [-0.2, -0.15) is 0 Å². The van der Waals surface area contributed by atoms with Gasteiger partial charge in [0.05, 0.1) is 0 Å². The fourth-order valence-electron chi connectivity index (χ4n) is 2.72. The lowest BCUT2D eigenvalue weighted by Crippen LogP contribution is -2.52. The van der Waals surface area contributed by atoms with Crippen molar-refractivity contribution in [2.24, 2.45) is 5.92 Å². The molecule has 0 radical (unpaired) electrons. The molecule has 0 spiro atoms. The average molecular weight is 249 g/mol. The molecular formula is C15H23NO2. The second-order valence-corrected chi connectivity index (χ2v) is 5.02. The second-order valence-electron chi connectivity index (χ2n) is 5.02. The standard InChI is InChI=1S/C13H17NO.C2H6O/c1-2-4-12(5-3-1)15-13-10-14-8-6-11(13)7-9-14;1-3-2/h1-5,11,13H,6-10H2;1-2H3/t13-;/m0./s1. The van der Waals surface area contributed by atoms with Crippen LogP contribution in [0.5, 0.6) is 5.75 Å². The highest BCUT2D eigenvalue weighted by Gasteiger charge is 2.35. The molecule has 0 aliphatic carbocycles. The molecule has 100 valence electrons. The van der Waals surface area contributed by atoms with E-state index in [1.165, 1.54) is 25.9 Å². The van der Waals surface area contributed by atoms with Gasteiger partial charge in [0.15, 0.2) is 0 Å². The van der Waals surface area contributed by atoms with Crippen molar-refractivity contribution in [1.29, 1.82) is 0 Å². The van der Waals surface area contributed by atoms with Crippen molar-refractivity contribution in [3.05, 3.63) is 30.3 Å². The molecule has 1 aromatic rings. The van der Waals surface area contributed by atoms with Gasteiger partial charge >= 0.3 is 0 Å². The number of hydrogen-bond donors (Lipinski definition) is 0. The first-order valence-corrected chi connectivity index (χ1v) is 6.67. The number of benzene rings is 1. The molecule has 3 heterocycles. The fourth-order valence-corrected chi connectivity index (χ4v) is 2.72. The minimum absolute atomic E-state index is 0.426. The molecule has 1 atom stereocenters. The molecule has 0 N–H and O–H groups in total. The van der Waals surface area contributed by atoms with Crippen molar-refractivity contribution in [2.75, 3.05) is 33.9 Å². The van der Waals surface area contributed by atoms with E-state index in [9.17, 15) is 0 Å². The Balaban J connectivity index is 0.000000367. The van der Waals surface area contributed by atoms with Gasteiger partial charge in [-0.15, -0.1) is 0 Å². The Hall–Kier alpha value is -1.06. The number of hydrogen-bond acceptors (Lipinski definition) is 3. The van der Waals surface area contributed by atoms with Crippen LogP contribution in [-0.4, -0.2) is 44.9 Å². The summed E-state index contributed by atoms with van der Waals surface area (Å²) in [7, 11) is 3.25. The summed E-state index contributed by atoms with van der Waals surface area (Å²) in [6, 6.07) is 10.2. The van der Waals surface area contributed by atoms with Crippen LogP contribution in [0.4, 0.5) is 0 Å². The van der Waals surface area contributed by atoms with Gasteiger partial charge in [0.25, 0.3) is 0 Å². The van der Waals surface area contributed by atoms with Crippen molar-refractivity contribution in [1.82, 2.24) is 4.90 Å². The molecule has 0 amide bonds. The number of rotatable bonds is 2. The minimum atomic E-state index is 0.426. The van der Waals surface area contributed by atoms with Gasteiger partial charge in [-0.1, -0.05) is 18.2 Å². The van der Waals surface area contributed by atoms with Crippen LogP contribution < -0.4 is 4.74 Å². The van der Waals surface area contributed by atoms with Gasteiger partial charge in [0.1, 0.15) is 11.9 Å². The molecule has 18 heavy (non-hydrogen) atoms. The van der Waals surface area contributed by atoms with Gasteiger partial charge in [-0.25, -0.2) is 0 Å². The van der Waals surface area contributed by atoms with Crippen LogP contribution in [0.2, 0.25) is 0 Å². The molecule has 3 nitrogen and oxygen atoms in total. The highest BCUT2D eigenvalue weighted by Crippen LogP contribution is 2.30. The SMILES string of the molecule is COC.c1ccc(O[C@H]2CN3CCC2CC3)cc1. The summed E-state index contributed by atoms with van der Waals surface area (Å²) in [5, 5.41) is 0. The summed E-state index contributed by atoms with van der Waals surface area (Å²) in [6.07, 6.45) is 3.06. The maximum absolute atomic E-state index is 6.05. The van der Waals surface area contributed by atoms with E-state index in [1.807, 2.05) is 18.2 Å². The van der Waals surface area contributed by atoms with E-state index in [2.05, 4.69) is 21.8 Å². The number of para-hydroxylation sites is 1. The Morgan fingerprint density at radius 3 is 2.17 bits per heavy atom. The smallest absolute Gasteiger partial charge is 0.119 e. The van der Waals surface area contributed by atoms with Gasteiger partial charge in [-0.3, -0.25) is 4.90 Å². The van der Waals surface area contributed by atoms with Gasteiger partial charge in [-0.05, 0) is 44.0 Å². The molecule has 2 bridgehead atoms.